The summed E-state index contributed by atoms with van der Waals surface area (Å²) in [6.07, 6.45) is 1.15. The molecule has 0 saturated heterocycles. The maximum atomic E-state index is 9.82. The molecule has 0 aliphatic heterocycles. The average molecular weight is 215 g/mol. The molecule has 0 heterocycles. The van der Waals surface area contributed by atoms with Crippen LogP contribution < -0.4 is 4.74 Å². The molecule has 14 heavy (non-hydrogen) atoms. The number of ether oxygens (including phenoxy) is 1. The van der Waals surface area contributed by atoms with Crippen LogP contribution >= 0.6 is 11.6 Å². The van der Waals surface area contributed by atoms with E-state index in [1.165, 1.54) is 0 Å². The van der Waals surface area contributed by atoms with Gasteiger partial charge < -0.3 is 9.84 Å². The van der Waals surface area contributed by atoms with Crippen LogP contribution in [0.15, 0.2) is 18.2 Å². The van der Waals surface area contributed by atoms with Gasteiger partial charge >= 0.3 is 0 Å². The van der Waals surface area contributed by atoms with Gasteiger partial charge in [0.05, 0.1) is 13.2 Å². The van der Waals surface area contributed by atoms with Crippen molar-refractivity contribution >= 4 is 11.6 Å². The second-order valence-electron chi connectivity index (χ2n) is 3.19. The van der Waals surface area contributed by atoms with E-state index in [4.69, 9.17) is 16.3 Å². The van der Waals surface area contributed by atoms with Crippen molar-refractivity contribution in [1.29, 1.82) is 0 Å². The van der Waals surface area contributed by atoms with Crippen molar-refractivity contribution in [1.82, 2.24) is 0 Å². The van der Waals surface area contributed by atoms with Crippen LogP contribution in [0.2, 0.25) is 5.02 Å². The van der Waals surface area contributed by atoms with Crippen molar-refractivity contribution in [2.45, 2.75) is 25.9 Å². The summed E-state index contributed by atoms with van der Waals surface area (Å²) in [4.78, 5) is 0. The summed E-state index contributed by atoms with van der Waals surface area (Å²) in [5.41, 5.74) is 0.766. The largest absolute Gasteiger partial charge is 0.496 e. The minimum atomic E-state index is -0.492. The maximum Gasteiger partial charge on any atom is 0.124 e. The second kappa shape index (κ2) is 5.23. The SMILES string of the molecule is CCCC(O)c1cc(Cl)ccc1OC. The van der Waals surface area contributed by atoms with E-state index in [9.17, 15) is 5.11 Å². The van der Waals surface area contributed by atoms with E-state index in [-0.39, 0.29) is 0 Å². The average Bonchev–Trinajstić information content (AvgIpc) is 2.18. The molecule has 2 nitrogen and oxygen atoms in total. The first kappa shape index (κ1) is 11.3. The van der Waals surface area contributed by atoms with Crippen LogP contribution in [0.3, 0.4) is 0 Å². The van der Waals surface area contributed by atoms with Gasteiger partial charge in [0.15, 0.2) is 0 Å². The monoisotopic (exact) mass is 214 g/mol. The number of rotatable bonds is 4. The van der Waals surface area contributed by atoms with Gasteiger partial charge in [0.2, 0.25) is 0 Å². The smallest absolute Gasteiger partial charge is 0.124 e. The number of aliphatic hydroxyl groups is 1. The van der Waals surface area contributed by atoms with Crippen LogP contribution in [0.5, 0.6) is 5.75 Å². The highest BCUT2D eigenvalue weighted by Crippen LogP contribution is 2.30. The molecule has 1 aromatic rings. The summed E-state index contributed by atoms with van der Waals surface area (Å²) in [7, 11) is 1.59. The Bertz CT molecular complexity index is 299. The number of halogens is 1. The van der Waals surface area contributed by atoms with Gasteiger partial charge in [0, 0.05) is 10.6 Å². The lowest BCUT2D eigenvalue weighted by atomic mass is 10.0. The van der Waals surface area contributed by atoms with Gasteiger partial charge in [-0.2, -0.15) is 0 Å². The first-order valence-corrected chi connectivity index (χ1v) is 5.08. The molecule has 0 bridgehead atoms. The van der Waals surface area contributed by atoms with E-state index >= 15 is 0 Å². The van der Waals surface area contributed by atoms with Crippen molar-refractivity contribution in [3.63, 3.8) is 0 Å². The summed E-state index contributed by atoms with van der Waals surface area (Å²) >= 11 is 5.85. The summed E-state index contributed by atoms with van der Waals surface area (Å²) in [5.74, 6) is 0.690. The number of hydrogen-bond donors (Lipinski definition) is 1. The van der Waals surface area contributed by atoms with Crippen molar-refractivity contribution in [3.05, 3.63) is 28.8 Å². The molecule has 0 spiro atoms. The standard InChI is InChI=1S/C11H15ClO2/c1-3-4-10(13)9-7-8(12)5-6-11(9)14-2/h5-7,10,13H,3-4H2,1-2H3. The summed E-state index contributed by atoms with van der Waals surface area (Å²) in [6.45, 7) is 2.03. The Hall–Kier alpha value is -0.730. The molecule has 0 radical (unpaired) electrons. The van der Waals surface area contributed by atoms with Crippen LogP contribution in [0.25, 0.3) is 0 Å². The van der Waals surface area contributed by atoms with Gasteiger partial charge in [-0.25, -0.2) is 0 Å². The van der Waals surface area contributed by atoms with Crippen LogP contribution in [0, 0.1) is 0 Å². The third kappa shape index (κ3) is 2.63. The van der Waals surface area contributed by atoms with E-state index in [1.54, 1.807) is 25.3 Å². The van der Waals surface area contributed by atoms with Crippen molar-refractivity contribution in [2.75, 3.05) is 7.11 Å². The lowest BCUT2D eigenvalue weighted by molar-refractivity contribution is 0.162. The molecule has 0 fully saturated rings. The van der Waals surface area contributed by atoms with Crippen molar-refractivity contribution in [2.24, 2.45) is 0 Å². The Kier molecular flexibility index (Phi) is 4.23. The highest BCUT2D eigenvalue weighted by atomic mass is 35.5. The molecule has 1 rings (SSSR count). The summed E-state index contributed by atoms with van der Waals surface area (Å²) in [5, 5.41) is 10.4. The molecule has 0 saturated carbocycles. The van der Waals surface area contributed by atoms with Gasteiger partial charge in [-0.3, -0.25) is 0 Å². The van der Waals surface area contributed by atoms with Crippen LogP contribution in [-0.4, -0.2) is 12.2 Å². The van der Waals surface area contributed by atoms with Crippen LogP contribution in [0.4, 0.5) is 0 Å². The summed E-state index contributed by atoms with van der Waals surface area (Å²) in [6, 6.07) is 5.28. The maximum absolute atomic E-state index is 9.82. The first-order chi connectivity index (χ1) is 6.69. The molecule has 0 aliphatic rings. The zero-order chi connectivity index (χ0) is 10.6. The van der Waals surface area contributed by atoms with Gasteiger partial charge in [-0.15, -0.1) is 0 Å². The molecule has 3 heteroatoms. The van der Waals surface area contributed by atoms with E-state index in [0.29, 0.717) is 10.8 Å². The third-order valence-corrected chi connectivity index (χ3v) is 2.35. The van der Waals surface area contributed by atoms with Crippen molar-refractivity contribution in [3.8, 4) is 5.75 Å². The Morgan fingerprint density at radius 3 is 2.79 bits per heavy atom. The fourth-order valence-corrected chi connectivity index (χ4v) is 1.58. The van der Waals surface area contributed by atoms with E-state index < -0.39 is 6.10 Å². The molecule has 78 valence electrons. The first-order valence-electron chi connectivity index (χ1n) is 4.70. The topological polar surface area (TPSA) is 29.5 Å². The normalized spacial score (nSPS) is 12.6. The van der Waals surface area contributed by atoms with Gasteiger partial charge in [0.1, 0.15) is 5.75 Å². The molecule has 1 unspecified atom stereocenters. The van der Waals surface area contributed by atoms with E-state index in [1.807, 2.05) is 6.92 Å². The predicted molar refractivity (Wildman–Crippen MR) is 57.9 cm³/mol. The Morgan fingerprint density at radius 2 is 2.21 bits per heavy atom. The molecular weight excluding hydrogens is 200 g/mol. The number of benzene rings is 1. The molecule has 0 amide bonds. The number of methoxy groups -OCH3 is 1. The van der Waals surface area contributed by atoms with Gasteiger partial charge in [0.25, 0.3) is 0 Å². The zero-order valence-electron chi connectivity index (χ0n) is 8.46. The molecule has 1 atom stereocenters. The lowest BCUT2D eigenvalue weighted by Crippen LogP contribution is -2.00. The summed E-state index contributed by atoms with van der Waals surface area (Å²) < 4.78 is 5.15. The second-order valence-corrected chi connectivity index (χ2v) is 3.63. The fourth-order valence-electron chi connectivity index (χ4n) is 1.39. The van der Waals surface area contributed by atoms with Gasteiger partial charge in [-0.05, 0) is 24.6 Å². The van der Waals surface area contributed by atoms with E-state index in [2.05, 4.69) is 0 Å². The Balaban J connectivity index is 2.97. The lowest BCUT2D eigenvalue weighted by Gasteiger charge is -2.14. The number of aliphatic hydroxyl groups excluding tert-OH is 1. The fraction of sp³-hybridized carbons (Fsp3) is 0.455. The third-order valence-electron chi connectivity index (χ3n) is 2.11. The molecule has 0 aliphatic carbocycles. The predicted octanol–water partition coefficient (Wildman–Crippen LogP) is 3.18. The molecule has 1 N–H and O–H groups in total. The molecular formula is C11H15ClO2. The van der Waals surface area contributed by atoms with Gasteiger partial charge in [-0.1, -0.05) is 24.9 Å². The molecule has 1 aromatic carbocycles. The minimum absolute atomic E-state index is 0.492. The highest BCUT2D eigenvalue weighted by Gasteiger charge is 2.12. The van der Waals surface area contributed by atoms with Crippen LogP contribution in [-0.2, 0) is 0 Å². The van der Waals surface area contributed by atoms with Crippen LogP contribution in [0.1, 0.15) is 31.4 Å². The molecule has 0 aromatic heterocycles. The van der Waals surface area contributed by atoms with Crippen molar-refractivity contribution < 1.29 is 9.84 Å². The quantitative estimate of drug-likeness (QED) is 0.834. The van der Waals surface area contributed by atoms with E-state index in [0.717, 1.165) is 18.4 Å². The Morgan fingerprint density at radius 1 is 1.50 bits per heavy atom. The zero-order valence-corrected chi connectivity index (χ0v) is 9.21. The highest BCUT2D eigenvalue weighted by molar-refractivity contribution is 6.30. The Labute approximate surface area is 89.5 Å². The number of hydrogen-bond acceptors (Lipinski definition) is 2. The minimum Gasteiger partial charge on any atom is -0.496 e.